The monoisotopic (exact) mass is 472 g/mol. The summed E-state index contributed by atoms with van der Waals surface area (Å²) in [5.41, 5.74) is 4.25. The van der Waals surface area contributed by atoms with Gasteiger partial charge in [-0.05, 0) is 54.2 Å². The van der Waals surface area contributed by atoms with E-state index < -0.39 is 0 Å². The number of carbonyl (C=O) groups excluding carboxylic acids is 1. The molecule has 0 unspecified atom stereocenters. The lowest BCUT2D eigenvalue weighted by atomic mass is 10.1. The first-order chi connectivity index (χ1) is 16.6. The van der Waals surface area contributed by atoms with Crippen LogP contribution in [-0.4, -0.2) is 30.2 Å². The summed E-state index contributed by atoms with van der Waals surface area (Å²) < 4.78 is 10.8. The molecule has 3 N–H and O–H groups in total. The highest BCUT2D eigenvalue weighted by molar-refractivity contribution is 7.80. The summed E-state index contributed by atoms with van der Waals surface area (Å²) in [5.74, 6) is 1.09. The number of nitrogens with zero attached hydrogens (tertiary/aromatic N) is 1. The van der Waals surface area contributed by atoms with Gasteiger partial charge < -0.3 is 25.4 Å². The third kappa shape index (κ3) is 5.60. The van der Waals surface area contributed by atoms with Crippen LogP contribution in [0.15, 0.2) is 79.0 Å². The minimum Gasteiger partial charge on any atom is -0.493 e. The molecule has 0 aliphatic heterocycles. The zero-order chi connectivity index (χ0) is 23.9. The molecular weight excluding hydrogens is 448 g/mol. The summed E-state index contributed by atoms with van der Waals surface area (Å²) in [5, 5.41) is 10.3. The van der Waals surface area contributed by atoms with E-state index in [9.17, 15) is 4.79 Å². The first kappa shape index (κ1) is 23.0. The third-order valence-electron chi connectivity index (χ3n) is 5.13. The zero-order valence-corrected chi connectivity index (χ0v) is 19.6. The summed E-state index contributed by atoms with van der Waals surface area (Å²) in [4.78, 5) is 16.6. The number of rotatable bonds is 7. The van der Waals surface area contributed by atoms with Crippen molar-refractivity contribution in [2.24, 2.45) is 0 Å². The zero-order valence-electron chi connectivity index (χ0n) is 18.8. The van der Waals surface area contributed by atoms with Crippen LogP contribution in [-0.2, 0) is 11.2 Å². The SMILES string of the molecule is COc1cc2nccc(Nc3ccc(NC(=S)NC(=O)Cc4ccccc4)cc3)c2cc1OC. The van der Waals surface area contributed by atoms with E-state index in [1.807, 2.05) is 72.8 Å². The summed E-state index contributed by atoms with van der Waals surface area (Å²) in [6.45, 7) is 0. The summed E-state index contributed by atoms with van der Waals surface area (Å²) in [6.07, 6.45) is 2.01. The molecule has 0 saturated carbocycles. The molecule has 4 aromatic rings. The fourth-order valence-electron chi connectivity index (χ4n) is 3.49. The average molecular weight is 473 g/mol. The van der Waals surface area contributed by atoms with Gasteiger partial charge in [-0.3, -0.25) is 9.78 Å². The molecule has 1 aromatic heterocycles. The fraction of sp³-hybridized carbons (Fsp3) is 0.115. The molecule has 3 aromatic carbocycles. The van der Waals surface area contributed by atoms with Gasteiger partial charge in [0.25, 0.3) is 0 Å². The molecule has 7 nitrogen and oxygen atoms in total. The van der Waals surface area contributed by atoms with E-state index in [1.54, 1.807) is 20.4 Å². The Kier molecular flexibility index (Phi) is 7.19. The molecule has 0 aliphatic rings. The van der Waals surface area contributed by atoms with Crippen LogP contribution in [0, 0.1) is 0 Å². The van der Waals surface area contributed by atoms with Gasteiger partial charge in [-0.2, -0.15) is 0 Å². The van der Waals surface area contributed by atoms with Crippen LogP contribution >= 0.6 is 12.2 Å². The van der Waals surface area contributed by atoms with Crippen molar-refractivity contribution in [1.29, 1.82) is 0 Å². The van der Waals surface area contributed by atoms with Crippen molar-refractivity contribution < 1.29 is 14.3 Å². The van der Waals surface area contributed by atoms with Gasteiger partial charge in [-0.1, -0.05) is 30.3 Å². The van der Waals surface area contributed by atoms with Crippen molar-refractivity contribution in [2.45, 2.75) is 6.42 Å². The van der Waals surface area contributed by atoms with Crippen LogP contribution in [0.5, 0.6) is 11.5 Å². The number of amides is 1. The smallest absolute Gasteiger partial charge is 0.230 e. The second kappa shape index (κ2) is 10.6. The van der Waals surface area contributed by atoms with Crippen molar-refractivity contribution in [2.75, 3.05) is 24.9 Å². The van der Waals surface area contributed by atoms with Crippen molar-refractivity contribution in [3.63, 3.8) is 0 Å². The molecule has 34 heavy (non-hydrogen) atoms. The van der Waals surface area contributed by atoms with Gasteiger partial charge in [-0.15, -0.1) is 0 Å². The van der Waals surface area contributed by atoms with Gasteiger partial charge in [0.1, 0.15) is 0 Å². The minimum atomic E-state index is -0.168. The van der Waals surface area contributed by atoms with Crippen LogP contribution in [0.2, 0.25) is 0 Å². The third-order valence-corrected chi connectivity index (χ3v) is 5.33. The molecule has 0 fully saturated rings. The van der Waals surface area contributed by atoms with Crippen LogP contribution in [0.4, 0.5) is 17.1 Å². The number of hydrogen-bond acceptors (Lipinski definition) is 6. The fourth-order valence-corrected chi connectivity index (χ4v) is 3.72. The normalized spacial score (nSPS) is 10.4. The van der Waals surface area contributed by atoms with Crippen LogP contribution < -0.4 is 25.4 Å². The molecule has 0 radical (unpaired) electrons. The van der Waals surface area contributed by atoms with E-state index in [1.165, 1.54) is 0 Å². The molecule has 1 amide bonds. The molecule has 0 atom stereocenters. The van der Waals surface area contributed by atoms with E-state index in [-0.39, 0.29) is 17.4 Å². The quantitative estimate of drug-likeness (QED) is 0.325. The first-order valence-electron chi connectivity index (χ1n) is 10.6. The van der Waals surface area contributed by atoms with E-state index in [4.69, 9.17) is 21.7 Å². The number of anilines is 3. The highest BCUT2D eigenvalue weighted by atomic mass is 32.1. The standard InChI is InChI=1S/C26H24N4O3S/c1-32-23-15-20-21(12-13-27-22(20)16-24(23)33-2)28-18-8-10-19(11-9-18)29-26(34)30-25(31)14-17-6-4-3-5-7-17/h3-13,15-16H,14H2,1-2H3,(H,27,28)(H2,29,30,31,34). The molecule has 4 rings (SSSR count). The predicted octanol–water partition coefficient (Wildman–Crippen LogP) is 5.05. The van der Waals surface area contributed by atoms with Crippen molar-refractivity contribution >= 4 is 51.2 Å². The number of carbonyl (C=O) groups is 1. The molecule has 172 valence electrons. The Bertz CT molecular complexity index is 1310. The van der Waals surface area contributed by atoms with Gasteiger partial charge in [0, 0.05) is 34.7 Å². The van der Waals surface area contributed by atoms with E-state index in [2.05, 4.69) is 20.9 Å². The topological polar surface area (TPSA) is 84.5 Å². The second-order valence-electron chi connectivity index (χ2n) is 7.45. The van der Waals surface area contributed by atoms with Gasteiger partial charge in [0.2, 0.25) is 5.91 Å². The Morgan fingerprint density at radius 3 is 2.29 bits per heavy atom. The molecule has 0 aliphatic carbocycles. The second-order valence-corrected chi connectivity index (χ2v) is 7.86. The number of thiocarbonyl (C=S) groups is 1. The maximum atomic E-state index is 12.2. The van der Waals surface area contributed by atoms with Crippen molar-refractivity contribution in [1.82, 2.24) is 10.3 Å². The molecule has 0 spiro atoms. The van der Waals surface area contributed by atoms with E-state index >= 15 is 0 Å². The van der Waals surface area contributed by atoms with E-state index in [0.717, 1.165) is 33.5 Å². The first-order valence-corrected chi connectivity index (χ1v) is 11.0. The van der Waals surface area contributed by atoms with Gasteiger partial charge >= 0.3 is 0 Å². The van der Waals surface area contributed by atoms with Gasteiger partial charge in [0.05, 0.1) is 26.2 Å². The Hall–Kier alpha value is -4.17. The highest BCUT2D eigenvalue weighted by Gasteiger charge is 2.10. The summed E-state index contributed by atoms with van der Waals surface area (Å²) >= 11 is 5.28. The van der Waals surface area contributed by atoms with Crippen LogP contribution in [0.25, 0.3) is 10.9 Å². The molecule has 0 bridgehead atoms. The lowest BCUT2D eigenvalue weighted by Gasteiger charge is -2.14. The number of aromatic nitrogens is 1. The highest BCUT2D eigenvalue weighted by Crippen LogP contribution is 2.35. The Balaban J connectivity index is 1.40. The molecule has 1 heterocycles. The maximum absolute atomic E-state index is 12.2. The molecule has 0 saturated heterocycles. The Morgan fingerprint density at radius 2 is 1.59 bits per heavy atom. The Morgan fingerprint density at radius 1 is 0.912 bits per heavy atom. The summed E-state index contributed by atoms with van der Waals surface area (Å²) in [7, 11) is 3.20. The van der Waals surface area contributed by atoms with Crippen molar-refractivity contribution in [3.8, 4) is 11.5 Å². The van der Waals surface area contributed by atoms with Crippen LogP contribution in [0.3, 0.4) is 0 Å². The van der Waals surface area contributed by atoms with Gasteiger partial charge in [0.15, 0.2) is 16.6 Å². The van der Waals surface area contributed by atoms with Gasteiger partial charge in [-0.25, -0.2) is 0 Å². The Labute approximate surface area is 203 Å². The van der Waals surface area contributed by atoms with E-state index in [0.29, 0.717) is 11.5 Å². The number of fused-ring (bicyclic) bond motifs is 1. The molecular formula is C26H24N4O3S. The number of benzene rings is 3. The number of ether oxygens (including phenoxy) is 2. The summed E-state index contributed by atoms with van der Waals surface area (Å²) in [6, 6.07) is 22.8. The molecule has 8 heteroatoms. The average Bonchev–Trinajstić information content (AvgIpc) is 2.85. The minimum absolute atomic E-state index is 0.168. The predicted molar refractivity (Wildman–Crippen MR) is 139 cm³/mol. The number of nitrogens with one attached hydrogen (secondary N) is 3. The number of hydrogen-bond donors (Lipinski definition) is 3. The lowest BCUT2D eigenvalue weighted by Crippen LogP contribution is -2.35. The van der Waals surface area contributed by atoms with Crippen LogP contribution in [0.1, 0.15) is 5.56 Å². The largest absolute Gasteiger partial charge is 0.493 e. The number of methoxy groups -OCH3 is 2. The number of pyridine rings is 1. The lowest BCUT2D eigenvalue weighted by molar-refractivity contribution is -0.119. The maximum Gasteiger partial charge on any atom is 0.230 e. The van der Waals surface area contributed by atoms with Crippen molar-refractivity contribution in [3.05, 3.63) is 84.6 Å².